The average molecular weight is 275 g/mol. The van der Waals surface area contributed by atoms with Crippen LogP contribution in [0.3, 0.4) is 0 Å². The van der Waals surface area contributed by atoms with Crippen molar-refractivity contribution in [1.82, 2.24) is 10.2 Å². The summed E-state index contributed by atoms with van der Waals surface area (Å²) in [5.41, 5.74) is 1.24. The highest BCUT2D eigenvalue weighted by Gasteiger charge is 2.28. The summed E-state index contributed by atoms with van der Waals surface area (Å²) in [5, 5.41) is 6.05. The van der Waals surface area contributed by atoms with Crippen molar-refractivity contribution in [3.8, 4) is 0 Å². The molecular formula is C15H21N3O2. The lowest BCUT2D eigenvalue weighted by molar-refractivity contribution is -0.121. The summed E-state index contributed by atoms with van der Waals surface area (Å²) in [6.45, 7) is 3.73. The van der Waals surface area contributed by atoms with Gasteiger partial charge in [0.15, 0.2) is 0 Å². The van der Waals surface area contributed by atoms with E-state index in [1.54, 1.807) is 38.4 Å². The highest BCUT2D eigenvalue weighted by molar-refractivity contribution is 5.97. The Labute approximate surface area is 119 Å². The number of hydrogen-bond donors (Lipinski definition) is 2. The Hall–Kier alpha value is -1.88. The Morgan fingerprint density at radius 2 is 2.05 bits per heavy atom. The molecule has 2 rings (SSSR count). The molecule has 1 heterocycles. The fraction of sp³-hybridized carbons (Fsp3) is 0.467. The van der Waals surface area contributed by atoms with E-state index in [1.807, 2.05) is 6.92 Å². The van der Waals surface area contributed by atoms with Crippen molar-refractivity contribution in [2.45, 2.75) is 6.92 Å². The molecule has 5 heteroatoms. The summed E-state index contributed by atoms with van der Waals surface area (Å²) in [6, 6.07) is 7.04. The zero-order chi connectivity index (χ0) is 14.7. The van der Waals surface area contributed by atoms with Crippen LogP contribution in [-0.2, 0) is 4.79 Å². The number of benzene rings is 1. The maximum absolute atomic E-state index is 12.1. The molecule has 1 fully saturated rings. The number of anilines is 1. The van der Waals surface area contributed by atoms with E-state index in [9.17, 15) is 9.59 Å². The van der Waals surface area contributed by atoms with Gasteiger partial charge in [-0.2, -0.15) is 0 Å². The number of hydrogen-bond acceptors (Lipinski definition) is 3. The Kier molecular flexibility index (Phi) is 4.39. The lowest BCUT2D eigenvalue weighted by Gasteiger charge is -2.31. The van der Waals surface area contributed by atoms with Crippen molar-refractivity contribution >= 4 is 17.5 Å². The van der Waals surface area contributed by atoms with Crippen LogP contribution in [0.2, 0.25) is 0 Å². The molecule has 2 N–H and O–H groups in total. The van der Waals surface area contributed by atoms with Crippen LogP contribution >= 0.6 is 0 Å². The molecule has 0 radical (unpaired) electrons. The molecule has 1 aromatic carbocycles. The largest absolute Gasteiger partial charge is 0.345 e. The third kappa shape index (κ3) is 3.17. The maximum Gasteiger partial charge on any atom is 0.253 e. The molecule has 0 spiro atoms. The van der Waals surface area contributed by atoms with Crippen molar-refractivity contribution in [3.63, 3.8) is 0 Å². The van der Waals surface area contributed by atoms with Crippen LogP contribution in [0.1, 0.15) is 17.3 Å². The Morgan fingerprint density at radius 3 is 2.60 bits per heavy atom. The van der Waals surface area contributed by atoms with E-state index < -0.39 is 0 Å². The van der Waals surface area contributed by atoms with Gasteiger partial charge in [-0.1, -0.05) is 13.0 Å². The molecular weight excluding hydrogens is 254 g/mol. The van der Waals surface area contributed by atoms with Crippen LogP contribution in [0.4, 0.5) is 5.69 Å². The van der Waals surface area contributed by atoms with E-state index in [1.165, 1.54) is 4.90 Å². The van der Waals surface area contributed by atoms with Gasteiger partial charge in [-0.25, -0.2) is 0 Å². The van der Waals surface area contributed by atoms with Crippen LogP contribution in [0.15, 0.2) is 24.3 Å². The summed E-state index contributed by atoms with van der Waals surface area (Å²) >= 11 is 0. The topological polar surface area (TPSA) is 61.4 Å². The first-order valence-electron chi connectivity index (χ1n) is 6.82. The normalized spacial score (nSPS) is 16.1. The Morgan fingerprint density at radius 1 is 1.35 bits per heavy atom. The fourth-order valence-corrected chi connectivity index (χ4v) is 2.12. The molecule has 5 nitrogen and oxygen atoms in total. The quantitative estimate of drug-likeness (QED) is 0.867. The smallest absolute Gasteiger partial charge is 0.253 e. The van der Waals surface area contributed by atoms with Crippen molar-refractivity contribution < 1.29 is 9.59 Å². The van der Waals surface area contributed by atoms with Gasteiger partial charge in [0.05, 0.1) is 0 Å². The first-order valence-corrected chi connectivity index (χ1v) is 6.82. The first kappa shape index (κ1) is 14.5. The van der Waals surface area contributed by atoms with Gasteiger partial charge in [-0.15, -0.1) is 0 Å². The molecule has 1 saturated heterocycles. The van der Waals surface area contributed by atoms with Crippen LogP contribution in [0.5, 0.6) is 0 Å². The van der Waals surface area contributed by atoms with E-state index in [0.717, 1.165) is 13.1 Å². The van der Waals surface area contributed by atoms with Gasteiger partial charge in [-0.3, -0.25) is 9.59 Å². The molecule has 1 unspecified atom stereocenters. The van der Waals surface area contributed by atoms with E-state index >= 15 is 0 Å². The van der Waals surface area contributed by atoms with E-state index in [-0.39, 0.29) is 17.7 Å². The van der Waals surface area contributed by atoms with Gasteiger partial charge in [0.1, 0.15) is 0 Å². The zero-order valence-electron chi connectivity index (χ0n) is 12.1. The SMILES string of the molecule is CC(C(=O)Nc1cccc(C(=O)N(C)C)c1)C1CNC1. The second-order valence-electron chi connectivity index (χ2n) is 5.48. The van der Waals surface area contributed by atoms with Crippen molar-refractivity contribution in [1.29, 1.82) is 0 Å². The summed E-state index contributed by atoms with van der Waals surface area (Å²) in [5.74, 6) is 0.314. The number of carbonyl (C=O) groups is 2. The zero-order valence-corrected chi connectivity index (χ0v) is 12.1. The molecule has 0 bridgehead atoms. The lowest BCUT2D eigenvalue weighted by atomic mass is 9.88. The van der Waals surface area contributed by atoms with E-state index in [2.05, 4.69) is 10.6 Å². The fourth-order valence-electron chi connectivity index (χ4n) is 2.12. The first-order chi connectivity index (χ1) is 9.49. The second-order valence-corrected chi connectivity index (χ2v) is 5.48. The summed E-state index contributed by atoms with van der Waals surface area (Å²) in [6.07, 6.45) is 0. The molecule has 0 saturated carbocycles. The van der Waals surface area contributed by atoms with E-state index in [0.29, 0.717) is 17.2 Å². The van der Waals surface area contributed by atoms with Gasteiger partial charge < -0.3 is 15.5 Å². The molecule has 0 aliphatic carbocycles. The molecule has 1 atom stereocenters. The number of rotatable bonds is 4. The summed E-state index contributed by atoms with van der Waals surface area (Å²) in [4.78, 5) is 25.5. The second kappa shape index (κ2) is 6.05. The number of nitrogens with zero attached hydrogens (tertiary/aromatic N) is 1. The number of nitrogens with one attached hydrogen (secondary N) is 2. The number of amides is 2. The van der Waals surface area contributed by atoms with Crippen molar-refractivity contribution in [2.24, 2.45) is 11.8 Å². The third-order valence-corrected chi connectivity index (χ3v) is 3.72. The molecule has 1 aliphatic rings. The molecule has 2 amide bonds. The van der Waals surface area contributed by atoms with Crippen LogP contribution in [-0.4, -0.2) is 43.9 Å². The van der Waals surface area contributed by atoms with Gasteiger partial charge in [0.25, 0.3) is 5.91 Å². The highest BCUT2D eigenvalue weighted by Crippen LogP contribution is 2.19. The predicted molar refractivity (Wildman–Crippen MR) is 78.6 cm³/mol. The molecule has 1 aliphatic heterocycles. The maximum atomic E-state index is 12.1. The average Bonchev–Trinajstić information content (AvgIpc) is 2.35. The minimum Gasteiger partial charge on any atom is -0.345 e. The molecule has 20 heavy (non-hydrogen) atoms. The van der Waals surface area contributed by atoms with Gasteiger partial charge in [0, 0.05) is 31.3 Å². The third-order valence-electron chi connectivity index (χ3n) is 3.72. The Bertz CT molecular complexity index is 510. The summed E-state index contributed by atoms with van der Waals surface area (Å²) in [7, 11) is 3.42. The molecule has 0 aromatic heterocycles. The lowest BCUT2D eigenvalue weighted by Crippen LogP contribution is -2.48. The molecule has 108 valence electrons. The van der Waals surface area contributed by atoms with Gasteiger partial charge in [0.2, 0.25) is 5.91 Å². The van der Waals surface area contributed by atoms with Crippen LogP contribution in [0, 0.1) is 11.8 Å². The van der Waals surface area contributed by atoms with Gasteiger partial charge >= 0.3 is 0 Å². The Balaban J connectivity index is 2.04. The van der Waals surface area contributed by atoms with Crippen molar-refractivity contribution in [2.75, 3.05) is 32.5 Å². The standard InChI is InChI=1S/C15H21N3O2/c1-10(12-8-16-9-12)14(19)17-13-6-4-5-11(7-13)15(20)18(2)3/h4-7,10,12,16H,8-9H2,1-3H3,(H,17,19). The van der Waals surface area contributed by atoms with E-state index in [4.69, 9.17) is 0 Å². The highest BCUT2D eigenvalue weighted by atomic mass is 16.2. The minimum absolute atomic E-state index is 0.00551. The number of carbonyl (C=O) groups excluding carboxylic acids is 2. The summed E-state index contributed by atoms with van der Waals surface area (Å²) < 4.78 is 0. The van der Waals surface area contributed by atoms with Crippen molar-refractivity contribution in [3.05, 3.63) is 29.8 Å². The molecule has 1 aromatic rings. The van der Waals surface area contributed by atoms with Crippen LogP contribution in [0.25, 0.3) is 0 Å². The minimum atomic E-state index is -0.0719. The monoisotopic (exact) mass is 275 g/mol. The van der Waals surface area contributed by atoms with Gasteiger partial charge in [-0.05, 0) is 37.2 Å². The predicted octanol–water partition coefficient (Wildman–Crippen LogP) is 1.18. The van der Waals surface area contributed by atoms with Crippen LogP contribution < -0.4 is 10.6 Å².